The quantitative estimate of drug-likeness (QED) is 0.785. The van der Waals surface area contributed by atoms with Crippen LogP contribution in [0.4, 0.5) is 4.39 Å². The summed E-state index contributed by atoms with van der Waals surface area (Å²) in [6.45, 7) is 1.33. The minimum Gasteiger partial charge on any atom is -0.496 e. The van der Waals surface area contributed by atoms with Crippen molar-refractivity contribution in [1.29, 1.82) is 0 Å². The van der Waals surface area contributed by atoms with Crippen LogP contribution in [0, 0.1) is 5.82 Å². The molecule has 0 aliphatic carbocycles. The van der Waals surface area contributed by atoms with E-state index in [0.29, 0.717) is 19.5 Å². The fraction of sp³-hybridized carbons (Fsp3) is 0.278. The molecule has 4 nitrogen and oxygen atoms in total. The molecule has 0 fully saturated rings. The lowest BCUT2D eigenvalue weighted by molar-refractivity contribution is -0.120. The zero-order valence-electron chi connectivity index (χ0n) is 13.1. The van der Waals surface area contributed by atoms with E-state index in [1.165, 1.54) is 12.1 Å². The number of hydrogen-bond acceptors (Lipinski definition) is 3. The zero-order chi connectivity index (χ0) is 16.5. The second-order valence-electron chi connectivity index (χ2n) is 5.14. The van der Waals surface area contributed by atoms with Crippen molar-refractivity contribution in [2.24, 2.45) is 0 Å². The second-order valence-corrected chi connectivity index (χ2v) is 5.14. The predicted octanol–water partition coefficient (Wildman–Crippen LogP) is 2.28. The summed E-state index contributed by atoms with van der Waals surface area (Å²) in [4.78, 5) is 11.8. The van der Waals surface area contributed by atoms with Gasteiger partial charge in [0.25, 0.3) is 0 Å². The Bertz CT molecular complexity index is 629. The highest BCUT2D eigenvalue weighted by Gasteiger charge is 2.04. The summed E-state index contributed by atoms with van der Waals surface area (Å²) in [7, 11) is 1.63. The van der Waals surface area contributed by atoms with E-state index in [1.807, 2.05) is 24.3 Å². The standard InChI is InChI=1S/C18H21FN2O2/c1-23-17-5-3-2-4-15(17)12-20-13-18(22)21-11-10-14-6-8-16(19)9-7-14/h2-9,20H,10-13H2,1H3,(H,21,22). The van der Waals surface area contributed by atoms with E-state index in [9.17, 15) is 9.18 Å². The number of methoxy groups -OCH3 is 1. The minimum absolute atomic E-state index is 0.0676. The number of carbonyl (C=O) groups excluding carboxylic acids is 1. The Hall–Kier alpha value is -2.40. The summed E-state index contributed by atoms with van der Waals surface area (Å²) in [6.07, 6.45) is 0.679. The molecule has 2 rings (SSSR count). The number of nitrogens with one attached hydrogen (secondary N) is 2. The monoisotopic (exact) mass is 316 g/mol. The molecule has 0 aromatic heterocycles. The maximum absolute atomic E-state index is 12.8. The summed E-state index contributed by atoms with van der Waals surface area (Å²) in [5, 5.41) is 5.92. The molecule has 23 heavy (non-hydrogen) atoms. The number of para-hydroxylation sites is 1. The average molecular weight is 316 g/mol. The fourth-order valence-corrected chi connectivity index (χ4v) is 2.22. The first kappa shape index (κ1) is 17.0. The van der Waals surface area contributed by atoms with Gasteiger partial charge in [0.1, 0.15) is 11.6 Å². The molecule has 0 saturated heterocycles. The maximum atomic E-state index is 12.8. The summed E-state index contributed by atoms with van der Waals surface area (Å²) in [5.41, 5.74) is 2.00. The highest BCUT2D eigenvalue weighted by atomic mass is 19.1. The van der Waals surface area contributed by atoms with Gasteiger partial charge in [-0.3, -0.25) is 4.79 Å². The lowest BCUT2D eigenvalue weighted by Crippen LogP contribution is -2.34. The molecule has 0 aliphatic rings. The molecule has 0 bridgehead atoms. The predicted molar refractivity (Wildman–Crippen MR) is 87.8 cm³/mol. The number of amides is 1. The van der Waals surface area contributed by atoms with Crippen LogP contribution in [0.3, 0.4) is 0 Å². The minimum atomic E-state index is -0.252. The SMILES string of the molecule is COc1ccccc1CNCC(=O)NCCc1ccc(F)cc1. The van der Waals surface area contributed by atoms with Gasteiger partial charge in [-0.05, 0) is 30.2 Å². The van der Waals surface area contributed by atoms with Gasteiger partial charge in [-0.25, -0.2) is 4.39 Å². The third-order valence-electron chi connectivity index (χ3n) is 3.44. The van der Waals surface area contributed by atoms with E-state index in [1.54, 1.807) is 19.2 Å². The van der Waals surface area contributed by atoms with E-state index in [-0.39, 0.29) is 18.3 Å². The Morgan fingerprint density at radius 2 is 1.87 bits per heavy atom. The normalized spacial score (nSPS) is 10.3. The number of carbonyl (C=O) groups is 1. The van der Waals surface area contributed by atoms with Crippen molar-refractivity contribution in [2.75, 3.05) is 20.2 Å². The van der Waals surface area contributed by atoms with Gasteiger partial charge in [-0.2, -0.15) is 0 Å². The smallest absolute Gasteiger partial charge is 0.233 e. The number of rotatable bonds is 8. The van der Waals surface area contributed by atoms with Crippen molar-refractivity contribution in [3.63, 3.8) is 0 Å². The van der Waals surface area contributed by atoms with Crippen molar-refractivity contribution in [1.82, 2.24) is 10.6 Å². The van der Waals surface area contributed by atoms with Gasteiger partial charge in [-0.15, -0.1) is 0 Å². The molecule has 2 N–H and O–H groups in total. The first-order chi connectivity index (χ1) is 11.2. The molecular weight excluding hydrogens is 295 g/mol. The number of benzene rings is 2. The van der Waals surface area contributed by atoms with E-state index < -0.39 is 0 Å². The van der Waals surface area contributed by atoms with Crippen molar-refractivity contribution >= 4 is 5.91 Å². The van der Waals surface area contributed by atoms with Crippen LogP contribution >= 0.6 is 0 Å². The molecular formula is C18H21FN2O2. The topological polar surface area (TPSA) is 50.4 Å². The Morgan fingerprint density at radius 1 is 1.13 bits per heavy atom. The molecule has 0 spiro atoms. The van der Waals surface area contributed by atoms with Crippen LogP contribution < -0.4 is 15.4 Å². The summed E-state index contributed by atoms with van der Waals surface area (Å²) < 4.78 is 18.0. The van der Waals surface area contributed by atoms with Crippen LogP contribution in [0.5, 0.6) is 5.75 Å². The second kappa shape index (κ2) is 8.90. The van der Waals surface area contributed by atoms with Gasteiger partial charge in [-0.1, -0.05) is 30.3 Å². The Kier molecular flexibility index (Phi) is 6.56. The van der Waals surface area contributed by atoms with Gasteiger partial charge in [0.2, 0.25) is 5.91 Å². The van der Waals surface area contributed by atoms with Crippen LogP contribution in [-0.2, 0) is 17.8 Å². The van der Waals surface area contributed by atoms with Crippen molar-refractivity contribution in [3.8, 4) is 5.75 Å². The largest absolute Gasteiger partial charge is 0.496 e. The highest BCUT2D eigenvalue weighted by molar-refractivity contribution is 5.77. The summed E-state index contributed by atoms with van der Waals surface area (Å²) in [5.74, 6) is 0.483. The van der Waals surface area contributed by atoms with Crippen molar-refractivity contribution < 1.29 is 13.9 Å². The lowest BCUT2D eigenvalue weighted by atomic mass is 10.1. The van der Waals surface area contributed by atoms with Crippen molar-refractivity contribution in [2.45, 2.75) is 13.0 Å². The molecule has 5 heteroatoms. The first-order valence-electron chi connectivity index (χ1n) is 7.53. The molecule has 0 saturated carbocycles. The molecule has 2 aromatic carbocycles. The van der Waals surface area contributed by atoms with Crippen LogP contribution in [0.1, 0.15) is 11.1 Å². The van der Waals surface area contributed by atoms with Gasteiger partial charge >= 0.3 is 0 Å². The van der Waals surface area contributed by atoms with Crippen LogP contribution in [0.2, 0.25) is 0 Å². The molecule has 0 radical (unpaired) electrons. The molecule has 0 heterocycles. The molecule has 122 valence electrons. The number of ether oxygens (including phenoxy) is 1. The van der Waals surface area contributed by atoms with E-state index >= 15 is 0 Å². The Morgan fingerprint density at radius 3 is 2.61 bits per heavy atom. The van der Waals surface area contributed by atoms with Crippen LogP contribution in [-0.4, -0.2) is 26.1 Å². The van der Waals surface area contributed by atoms with E-state index in [0.717, 1.165) is 16.9 Å². The average Bonchev–Trinajstić information content (AvgIpc) is 2.57. The van der Waals surface area contributed by atoms with Crippen LogP contribution in [0.15, 0.2) is 48.5 Å². The van der Waals surface area contributed by atoms with Crippen molar-refractivity contribution in [3.05, 3.63) is 65.5 Å². The molecule has 2 aromatic rings. The Balaban J connectivity index is 1.66. The Labute approximate surface area is 135 Å². The molecule has 0 aliphatic heterocycles. The van der Waals surface area contributed by atoms with E-state index in [4.69, 9.17) is 4.74 Å². The molecule has 0 atom stereocenters. The zero-order valence-corrected chi connectivity index (χ0v) is 13.1. The van der Waals surface area contributed by atoms with Crippen LogP contribution in [0.25, 0.3) is 0 Å². The third-order valence-corrected chi connectivity index (χ3v) is 3.44. The molecule has 1 amide bonds. The fourth-order valence-electron chi connectivity index (χ4n) is 2.22. The maximum Gasteiger partial charge on any atom is 0.233 e. The van der Waals surface area contributed by atoms with Gasteiger partial charge in [0.15, 0.2) is 0 Å². The van der Waals surface area contributed by atoms with Gasteiger partial charge in [0, 0.05) is 18.7 Å². The highest BCUT2D eigenvalue weighted by Crippen LogP contribution is 2.16. The van der Waals surface area contributed by atoms with E-state index in [2.05, 4.69) is 10.6 Å². The van der Waals surface area contributed by atoms with Gasteiger partial charge in [0.05, 0.1) is 13.7 Å². The van der Waals surface area contributed by atoms with Gasteiger partial charge < -0.3 is 15.4 Å². The number of hydrogen-bond donors (Lipinski definition) is 2. The molecule has 0 unspecified atom stereocenters. The number of halogens is 1. The first-order valence-corrected chi connectivity index (χ1v) is 7.53. The summed E-state index contributed by atoms with van der Waals surface area (Å²) in [6, 6.07) is 14.0. The third kappa shape index (κ3) is 5.71. The summed E-state index contributed by atoms with van der Waals surface area (Å²) >= 11 is 0. The lowest BCUT2D eigenvalue weighted by Gasteiger charge is -2.10.